The number of nitrogens with zero attached hydrogens (tertiary/aromatic N) is 2. The fraction of sp³-hybridized carbons (Fsp3) is 0.412. The fourth-order valence-electron chi connectivity index (χ4n) is 1.90. The molecule has 0 fully saturated rings. The van der Waals surface area contributed by atoms with Crippen LogP contribution in [0.2, 0.25) is 0 Å². The van der Waals surface area contributed by atoms with Crippen molar-refractivity contribution >= 4 is 0 Å². The zero-order valence-electron chi connectivity index (χ0n) is 11.9. The largest absolute Gasteiger partial charge is 0.494 e. The summed E-state index contributed by atoms with van der Waals surface area (Å²) < 4.78 is 5.59. The summed E-state index contributed by atoms with van der Waals surface area (Å²) in [5.74, 6) is 0.824. The quantitative estimate of drug-likeness (QED) is 0.528. The lowest BCUT2D eigenvalue weighted by molar-refractivity contribution is 0.309. The Morgan fingerprint density at radius 3 is 2.40 bits per heavy atom. The SMILES string of the molecule is C=CCC(C#N)(C#N)Cc1ccc(OCCCC)cc1. The summed E-state index contributed by atoms with van der Waals surface area (Å²) in [6.07, 6.45) is 4.53. The molecular weight excluding hydrogens is 248 g/mol. The molecular formula is C17H20N2O. The molecule has 0 atom stereocenters. The molecule has 0 N–H and O–H groups in total. The molecule has 0 bridgehead atoms. The molecule has 0 spiro atoms. The van der Waals surface area contributed by atoms with E-state index >= 15 is 0 Å². The predicted octanol–water partition coefficient (Wildman–Crippen LogP) is 4.02. The highest BCUT2D eigenvalue weighted by Gasteiger charge is 2.28. The highest BCUT2D eigenvalue weighted by molar-refractivity contribution is 5.31. The summed E-state index contributed by atoms with van der Waals surface area (Å²) in [4.78, 5) is 0. The Hall–Kier alpha value is -2.26. The monoisotopic (exact) mass is 268 g/mol. The predicted molar refractivity (Wildman–Crippen MR) is 79.0 cm³/mol. The van der Waals surface area contributed by atoms with E-state index in [-0.39, 0.29) is 0 Å². The van der Waals surface area contributed by atoms with E-state index in [4.69, 9.17) is 4.74 Å². The molecule has 3 heteroatoms. The number of benzene rings is 1. The third kappa shape index (κ3) is 4.44. The summed E-state index contributed by atoms with van der Waals surface area (Å²) in [6, 6.07) is 11.8. The molecule has 0 radical (unpaired) electrons. The van der Waals surface area contributed by atoms with Gasteiger partial charge in [-0.15, -0.1) is 6.58 Å². The normalized spacial score (nSPS) is 10.3. The first-order chi connectivity index (χ1) is 9.69. The van der Waals surface area contributed by atoms with E-state index in [0.717, 1.165) is 24.2 Å². The van der Waals surface area contributed by atoms with E-state index in [2.05, 4.69) is 25.6 Å². The maximum Gasteiger partial charge on any atom is 0.151 e. The summed E-state index contributed by atoms with van der Waals surface area (Å²) in [5.41, 5.74) is -0.0652. The number of hydrogen-bond acceptors (Lipinski definition) is 3. The van der Waals surface area contributed by atoms with Crippen LogP contribution in [-0.2, 0) is 6.42 Å². The highest BCUT2D eigenvalue weighted by atomic mass is 16.5. The van der Waals surface area contributed by atoms with Crippen molar-refractivity contribution in [2.24, 2.45) is 5.41 Å². The second-order valence-electron chi connectivity index (χ2n) is 4.82. The second-order valence-corrected chi connectivity index (χ2v) is 4.82. The van der Waals surface area contributed by atoms with Gasteiger partial charge in [0.25, 0.3) is 0 Å². The number of ether oxygens (including phenoxy) is 1. The molecule has 0 aromatic heterocycles. The van der Waals surface area contributed by atoms with E-state index in [1.807, 2.05) is 24.3 Å². The topological polar surface area (TPSA) is 56.8 Å². The van der Waals surface area contributed by atoms with Crippen LogP contribution in [0.4, 0.5) is 0 Å². The number of nitriles is 2. The highest BCUT2D eigenvalue weighted by Crippen LogP contribution is 2.27. The molecule has 0 aliphatic carbocycles. The molecule has 0 saturated carbocycles. The minimum absolute atomic E-state index is 0.370. The molecule has 3 nitrogen and oxygen atoms in total. The van der Waals surface area contributed by atoms with Gasteiger partial charge in [-0.1, -0.05) is 31.6 Å². The first-order valence-corrected chi connectivity index (χ1v) is 6.85. The second kappa shape index (κ2) is 8.02. The van der Waals surface area contributed by atoms with Crippen molar-refractivity contribution in [3.63, 3.8) is 0 Å². The van der Waals surface area contributed by atoms with Crippen molar-refractivity contribution in [1.82, 2.24) is 0 Å². The first-order valence-electron chi connectivity index (χ1n) is 6.85. The van der Waals surface area contributed by atoms with Crippen molar-refractivity contribution < 1.29 is 4.74 Å². The van der Waals surface area contributed by atoms with Crippen molar-refractivity contribution in [3.05, 3.63) is 42.5 Å². The number of unbranched alkanes of at least 4 members (excludes halogenated alkanes) is 1. The van der Waals surface area contributed by atoms with Crippen molar-refractivity contribution in [3.8, 4) is 17.9 Å². The van der Waals surface area contributed by atoms with Gasteiger partial charge in [-0.3, -0.25) is 0 Å². The van der Waals surface area contributed by atoms with E-state index in [1.165, 1.54) is 0 Å². The van der Waals surface area contributed by atoms with Crippen LogP contribution >= 0.6 is 0 Å². The molecule has 20 heavy (non-hydrogen) atoms. The average molecular weight is 268 g/mol. The van der Waals surface area contributed by atoms with E-state index in [0.29, 0.717) is 19.4 Å². The molecule has 0 aliphatic heterocycles. The summed E-state index contributed by atoms with van der Waals surface area (Å²) in [7, 11) is 0. The smallest absolute Gasteiger partial charge is 0.151 e. The molecule has 1 aromatic carbocycles. The van der Waals surface area contributed by atoms with Gasteiger partial charge in [-0.05, 0) is 30.5 Å². The van der Waals surface area contributed by atoms with E-state index in [1.54, 1.807) is 6.08 Å². The van der Waals surface area contributed by atoms with Crippen LogP contribution in [0.5, 0.6) is 5.75 Å². The van der Waals surface area contributed by atoms with Gasteiger partial charge in [-0.2, -0.15) is 10.5 Å². The van der Waals surface area contributed by atoms with Gasteiger partial charge >= 0.3 is 0 Å². The molecule has 1 aromatic rings. The van der Waals surface area contributed by atoms with Gasteiger partial charge in [0, 0.05) is 6.42 Å². The zero-order valence-corrected chi connectivity index (χ0v) is 11.9. The Balaban J connectivity index is 2.71. The van der Waals surface area contributed by atoms with Gasteiger partial charge in [0.1, 0.15) is 5.75 Å². The van der Waals surface area contributed by atoms with Crippen LogP contribution in [0.25, 0.3) is 0 Å². The minimum Gasteiger partial charge on any atom is -0.494 e. The Morgan fingerprint density at radius 2 is 1.90 bits per heavy atom. The standard InChI is InChI=1S/C17H20N2O/c1-3-5-11-20-16-8-6-15(7-9-16)12-17(13-18,14-19)10-4-2/h4,6-9H,2-3,5,10-12H2,1H3. The van der Waals surface area contributed by atoms with Gasteiger partial charge in [0.15, 0.2) is 5.41 Å². The number of hydrogen-bond donors (Lipinski definition) is 0. The van der Waals surface area contributed by atoms with Crippen molar-refractivity contribution in [2.75, 3.05) is 6.61 Å². The van der Waals surface area contributed by atoms with Gasteiger partial charge in [0.05, 0.1) is 18.7 Å². The third-order valence-electron chi connectivity index (χ3n) is 3.12. The van der Waals surface area contributed by atoms with Crippen LogP contribution in [0.3, 0.4) is 0 Å². The number of allylic oxidation sites excluding steroid dienone is 1. The molecule has 0 aliphatic rings. The maximum atomic E-state index is 9.22. The minimum atomic E-state index is -1.02. The van der Waals surface area contributed by atoms with Crippen LogP contribution in [0, 0.1) is 28.1 Å². The van der Waals surface area contributed by atoms with E-state index in [9.17, 15) is 10.5 Å². The van der Waals surface area contributed by atoms with Gasteiger partial charge in [-0.25, -0.2) is 0 Å². The lowest BCUT2D eigenvalue weighted by atomic mass is 9.81. The lowest BCUT2D eigenvalue weighted by Crippen LogP contribution is -2.18. The molecule has 0 amide bonds. The zero-order chi connectivity index (χ0) is 14.8. The Morgan fingerprint density at radius 1 is 1.25 bits per heavy atom. The average Bonchev–Trinajstić information content (AvgIpc) is 2.49. The number of rotatable bonds is 8. The molecule has 0 heterocycles. The summed E-state index contributed by atoms with van der Waals surface area (Å²) in [5, 5.41) is 18.4. The molecule has 0 saturated heterocycles. The maximum absolute atomic E-state index is 9.22. The van der Waals surface area contributed by atoms with Crippen molar-refractivity contribution in [2.45, 2.75) is 32.6 Å². The Bertz CT molecular complexity index is 491. The van der Waals surface area contributed by atoms with Crippen LogP contribution in [0.15, 0.2) is 36.9 Å². The third-order valence-corrected chi connectivity index (χ3v) is 3.12. The molecule has 1 rings (SSSR count). The summed E-state index contributed by atoms with van der Waals surface area (Å²) >= 11 is 0. The summed E-state index contributed by atoms with van der Waals surface area (Å²) in [6.45, 7) is 6.45. The van der Waals surface area contributed by atoms with Gasteiger partial charge < -0.3 is 4.74 Å². The lowest BCUT2D eigenvalue weighted by Gasteiger charge is -2.16. The van der Waals surface area contributed by atoms with E-state index < -0.39 is 5.41 Å². The Kier molecular flexibility index (Phi) is 6.33. The van der Waals surface area contributed by atoms with Crippen LogP contribution in [0.1, 0.15) is 31.7 Å². The van der Waals surface area contributed by atoms with Crippen LogP contribution < -0.4 is 4.74 Å². The van der Waals surface area contributed by atoms with Crippen LogP contribution in [-0.4, -0.2) is 6.61 Å². The molecule has 104 valence electrons. The first kappa shape index (κ1) is 15.8. The Labute approximate surface area is 121 Å². The molecule has 0 unspecified atom stereocenters. The fourth-order valence-corrected chi connectivity index (χ4v) is 1.90. The van der Waals surface area contributed by atoms with Crippen molar-refractivity contribution in [1.29, 1.82) is 10.5 Å². The van der Waals surface area contributed by atoms with Gasteiger partial charge in [0.2, 0.25) is 0 Å².